The van der Waals surface area contributed by atoms with E-state index in [4.69, 9.17) is 14.5 Å². The summed E-state index contributed by atoms with van der Waals surface area (Å²) in [5, 5.41) is 3.37. The second kappa shape index (κ2) is 13.9. The zero-order valence-corrected chi connectivity index (χ0v) is 21.4. The Hall–Kier alpha value is -1.46. The molecule has 7 nitrogen and oxygen atoms in total. The van der Waals surface area contributed by atoms with Crippen LogP contribution in [0.25, 0.3) is 0 Å². The maximum absolute atomic E-state index is 13.9. The largest absolute Gasteiger partial charge is 0.466 e. The van der Waals surface area contributed by atoms with Gasteiger partial charge in [0.15, 0.2) is 5.96 Å². The Morgan fingerprint density at radius 1 is 1.31 bits per heavy atom. The van der Waals surface area contributed by atoms with Crippen molar-refractivity contribution in [3.05, 3.63) is 35.6 Å². The average molecular weight is 562 g/mol. The molecule has 1 N–H and O–H groups in total. The van der Waals surface area contributed by atoms with E-state index >= 15 is 0 Å². The summed E-state index contributed by atoms with van der Waals surface area (Å²) < 4.78 is 24.7. The van der Waals surface area contributed by atoms with Gasteiger partial charge >= 0.3 is 5.97 Å². The Balaban J connectivity index is 0.00000363. The van der Waals surface area contributed by atoms with Crippen molar-refractivity contribution >= 4 is 35.9 Å². The Bertz CT molecular complexity index is 746. The second-order valence-corrected chi connectivity index (χ2v) is 7.95. The number of esters is 1. The molecule has 2 aliphatic heterocycles. The van der Waals surface area contributed by atoms with Gasteiger partial charge in [-0.05, 0) is 44.4 Å². The Morgan fingerprint density at radius 3 is 2.78 bits per heavy atom. The third kappa shape index (κ3) is 7.55. The highest BCUT2D eigenvalue weighted by Gasteiger charge is 2.29. The third-order valence-electron chi connectivity index (χ3n) is 5.81. The maximum atomic E-state index is 13.9. The molecule has 0 spiro atoms. The van der Waals surface area contributed by atoms with Gasteiger partial charge in [0.25, 0.3) is 0 Å². The number of rotatable bonds is 7. The highest BCUT2D eigenvalue weighted by Crippen LogP contribution is 2.24. The minimum absolute atomic E-state index is 0. The summed E-state index contributed by atoms with van der Waals surface area (Å²) >= 11 is 0. The molecule has 2 unspecified atom stereocenters. The molecule has 32 heavy (non-hydrogen) atoms. The fourth-order valence-corrected chi connectivity index (χ4v) is 4.26. The van der Waals surface area contributed by atoms with E-state index in [1.54, 1.807) is 12.1 Å². The molecule has 3 rings (SSSR count). The molecule has 1 aromatic rings. The van der Waals surface area contributed by atoms with Crippen LogP contribution in [-0.4, -0.2) is 80.8 Å². The van der Waals surface area contributed by atoms with Crippen molar-refractivity contribution in [2.75, 3.05) is 59.1 Å². The number of ether oxygens (including phenoxy) is 2. The number of likely N-dealkylation sites (tertiary alicyclic amines) is 1. The van der Waals surface area contributed by atoms with E-state index in [0.717, 1.165) is 50.5 Å². The smallest absolute Gasteiger partial charge is 0.310 e. The van der Waals surface area contributed by atoms with Crippen LogP contribution in [0.1, 0.15) is 38.3 Å². The van der Waals surface area contributed by atoms with E-state index in [-0.39, 0.29) is 47.7 Å². The van der Waals surface area contributed by atoms with Crippen molar-refractivity contribution in [2.24, 2.45) is 10.9 Å². The van der Waals surface area contributed by atoms with E-state index in [2.05, 4.69) is 15.1 Å². The van der Waals surface area contributed by atoms with Crippen molar-refractivity contribution in [1.82, 2.24) is 15.1 Å². The number of hydrogen-bond donors (Lipinski definition) is 1. The molecule has 0 aromatic heterocycles. The number of morpholine rings is 1. The van der Waals surface area contributed by atoms with Crippen LogP contribution in [0, 0.1) is 11.7 Å². The SMILES string of the molecule is CCNC(=NCC(c1cccc(F)c1)N1CCOCC1)N1CCCC(C(=O)OCC)C1.I. The molecule has 2 heterocycles. The first-order valence-electron chi connectivity index (χ1n) is 11.4. The maximum Gasteiger partial charge on any atom is 0.310 e. The number of nitrogens with one attached hydrogen (secondary N) is 1. The number of nitrogens with zero attached hydrogens (tertiary/aromatic N) is 3. The number of halogens is 2. The second-order valence-electron chi connectivity index (χ2n) is 7.95. The minimum Gasteiger partial charge on any atom is -0.466 e. The quantitative estimate of drug-likeness (QED) is 0.239. The lowest BCUT2D eigenvalue weighted by Crippen LogP contribution is -2.48. The Labute approximate surface area is 207 Å². The molecule has 180 valence electrons. The van der Waals surface area contributed by atoms with E-state index in [0.29, 0.717) is 32.9 Å². The Kier molecular flexibility index (Phi) is 11.7. The molecule has 0 saturated carbocycles. The van der Waals surface area contributed by atoms with Crippen LogP contribution in [0.4, 0.5) is 4.39 Å². The Morgan fingerprint density at radius 2 is 2.09 bits per heavy atom. The van der Waals surface area contributed by atoms with Gasteiger partial charge in [0, 0.05) is 32.7 Å². The van der Waals surface area contributed by atoms with Crippen LogP contribution >= 0.6 is 24.0 Å². The summed E-state index contributed by atoms with van der Waals surface area (Å²) in [5.41, 5.74) is 0.921. The van der Waals surface area contributed by atoms with E-state index in [1.807, 2.05) is 19.9 Å². The van der Waals surface area contributed by atoms with Gasteiger partial charge in [-0.15, -0.1) is 24.0 Å². The highest BCUT2D eigenvalue weighted by molar-refractivity contribution is 14.0. The van der Waals surface area contributed by atoms with E-state index < -0.39 is 0 Å². The fraction of sp³-hybridized carbons (Fsp3) is 0.652. The van der Waals surface area contributed by atoms with Gasteiger partial charge in [0.2, 0.25) is 0 Å². The van der Waals surface area contributed by atoms with Crippen LogP contribution in [0.3, 0.4) is 0 Å². The van der Waals surface area contributed by atoms with E-state index in [1.165, 1.54) is 6.07 Å². The summed E-state index contributed by atoms with van der Waals surface area (Å²) in [7, 11) is 0. The number of carbonyl (C=O) groups excluding carboxylic acids is 1. The first-order chi connectivity index (χ1) is 15.1. The first-order valence-corrected chi connectivity index (χ1v) is 11.4. The van der Waals surface area contributed by atoms with Gasteiger partial charge in [0.05, 0.1) is 38.3 Å². The zero-order valence-electron chi connectivity index (χ0n) is 19.1. The molecule has 2 saturated heterocycles. The topological polar surface area (TPSA) is 66.4 Å². The van der Waals surface area contributed by atoms with Gasteiger partial charge in [0.1, 0.15) is 5.82 Å². The van der Waals surface area contributed by atoms with Crippen molar-refractivity contribution < 1.29 is 18.7 Å². The highest BCUT2D eigenvalue weighted by atomic mass is 127. The molecule has 0 radical (unpaired) electrons. The summed E-state index contributed by atoms with van der Waals surface area (Å²) in [4.78, 5) is 21.6. The number of hydrogen-bond acceptors (Lipinski definition) is 5. The number of aliphatic imine (C=N–C) groups is 1. The number of piperidine rings is 1. The predicted molar refractivity (Wildman–Crippen MR) is 134 cm³/mol. The fourth-order valence-electron chi connectivity index (χ4n) is 4.26. The summed E-state index contributed by atoms with van der Waals surface area (Å²) in [6.45, 7) is 9.90. The van der Waals surface area contributed by atoms with Gasteiger partial charge in [-0.1, -0.05) is 12.1 Å². The molecule has 2 fully saturated rings. The molecule has 0 bridgehead atoms. The van der Waals surface area contributed by atoms with Crippen molar-refractivity contribution in [2.45, 2.75) is 32.7 Å². The monoisotopic (exact) mass is 562 g/mol. The van der Waals surface area contributed by atoms with Crippen LogP contribution < -0.4 is 5.32 Å². The predicted octanol–water partition coefficient (Wildman–Crippen LogP) is 3.06. The summed E-state index contributed by atoms with van der Waals surface area (Å²) in [6, 6.07) is 6.75. The third-order valence-corrected chi connectivity index (χ3v) is 5.81. The molecule has 2 atom stereocenters. The summed E-state index contributed by atoms with van der Waals surface area (Å²) in [5.74, 6) is 0.302. The first kappa shape index (κ1) is 26.8. The lowest BCUT2D eigenvalue weighted by Gasteiger charge is -2.36. The van der Waals surface area contributed by atoms with Crippen molar-refractivity contribution in [3.63, 3.8) is 0 Å². The normalized spacial score (nSPS) is 20.9. The lowest BCUT2D eigenvalue weighted by molar-refractivity contribution is -0.149. The zero-order chi connectivity index (χ0) is 22.1. The van der Waals surface area contributed by atoms with Gasteiger partial charge in [-0.2, -0.15) is 0 Å². The van der Waals surface area contributed by atoms with Crippen molar-refractivity contribution in [1.29, 1.82) is 0 Å². The van der Waals surface area contributed by atoms with Gasteiger partial charge in [-0.25, -0.2) is 4.39 Å². The number of carbonyl (C=O) groups is 1. The lowest BCUT2D eigenvalue weighted by atomic mass is 9.98. The number of benzene rings is 1. The molecule has 2 aliphatic rings. The molecule has 9 heteroatoms. The van der Waals surface area contributed by atoms with Crippen molar-refractivity contribution in [3.8, 4) is 0 Å². The molecule has 1 aromatic carbocycles. The standard InChI is InChI=1S/C23H35FN4O3.HI/c1-3-25-23(28-10-6-8-19(17-28)22(29)31-4-2)26-16-21(27-11-13-30-14-12-27)18-7-5-9-20(24)15-18;/h5,7,9,15,19,21H,3-4,6,8,10-14,16-17H2,1-2H3,(H,25,26);1H. The van der Waals surface area contributed by atoms with Crippen LogP contribution in [-0.2, 0) is 14.3 Å². The summed E-state index contributed by atoms with van der Waals surface area (Å²) in [6.07, 6.45) is 1.76. The molecular weight excluding hydrogens is 526 g/mol. The van der Waals surface area contributed by atoms with Crippen LogP contribution in [0.15, 0.2) is 29.3 Å². The number of guanidine groups is 1. The average Bonchev–Trinajstić information content (AvgIpc) is 2.79. The van der Waals surface area contributed by atoms with Crippen LogP contribution in [0.5, 0.6) is 0 Å². The van der Waals surface area contributed by atoms with Crippen LogP contribution in [0.2, 0.25) is 0 Å². The molecule has 0 aliphatic carbocycles. The van der Waals surface area contributed by atoms with Gasteiger partial charge in [-0.3, -0.25) is 14.7 Å². The minimum atomic E-state index is -0.236. The van der Waals surface area contributed by atoms with E-state index in [9.17, 15) is 9.18 Å². The van der Waals surface area contributed by atoms with Gasteiger partial charge < -0.3 is 19.7 Å². The molecular formula is C23H36FIN4O3. The molecule has 0 amide bonds.